The molecule has 0 unspecified atom stereocenters. The Morgan fingerprint density at radius 3 is 2.08 bits per heavy atom. The lowest BCUT2D eigenvalue weighted by molar-refractivity contribution is 0.326. The van der Waals surface area contributed by atoms with Gasteiger partial charge in [-0.25, -0.2) is 0 Å². The van der Waals surface area contributed by atoms with Crippen LogP contribution in [0.3, 0.4) is 0 Å². The minimum atomic E-state index is 0.228. The van der Waals surface area contributed by atoms with E-state index in [9.17, 15) is 0 Å². The van der Waals surface area contributed by atoms with Crippen molar-refractivity contribution in [2.75, 3.05) is 18.2 Å². The van der Waals surface area contributed by atoms with Gasteiger partial charge in [-0.15, -0.1) is 11.8 Å². The first-order valence-electron chi connectivity index (χ1n) is 9.07. The Morgan fingerprint density at radius 2 is 1.58 bits per heavy atom. The quantitative estimate of drug-likeness (QED) is 0.350. The van der Waals surface area contributed by atoms with Gasteiger partial charge in [0.1, 0.15) is 4.32 Å². The monoisotopic (exact) mass is 379 g/mol. The fourth-order valence-electron chi connectivity index (χ4n) is 3.73. The van der Waals surface area contributed by atoms with E-state index in [0.717, 1.165) is 21.2 Å². The molecule has 0 amide bonds. The molecular weight excluding hydrogens is 350 g/mol. The van der Waals surface area contributed by atoms with E-state index in [4.69, 9.17) is 12.2 Å². The molecule has 0 radical (unpaired) electrons. The fourth-order valence-corrected chi connectivity index (χ4v) is 6.16. The molecule has 1 aromatic rings. The van der Waals surface area contributed by atoms with Crippen LogP contribution in [0.15, 0.2) is 29.2 Å². The summed E-state index contributed by atoms with van der Waals surface area (Å²) in [4.78, 5) is 3.84. The Balaban J connectivity index is 1.47. The van der Waals surface area contributed by atoms with Gasteiger partial charge in [0, 0.05) is 18.0 Å². The lowest BCUT2D eigenvalue weighted by Crippen LogP contribution is -2.31. The summed E-state index contributed by atoms with van der Waals surface area (Å²) in [6.07, 6.45) is 5.68. The molecular formula is C20H29NS3. The third-order valence-electron chi connectivity index (χ3n) is 5.31. The number of benzene rings is 1. The predicted molar refractivity (Wildman–Crippen MR) is 113 cm³/mol. The molecule has 3 fully saturated rings. The highest BCUT2D eigenvalue weighted by Gasteiger charge is 2.30. The van der Waals surface area contributed by atoms with Gasteiger partial charge < -0.3 is 4.90 Å². The molecule has 1 nitrogen and oxygen atoms in total. The Kier molecular flexibility index (Phi) is 6.20. The molecule has 2 bridgehead atoms. The van der Waals surface area contributed by atoms with Gasteiger partial charge in [0.25, 0.3) is 0 Å². The van der Waals surface area contributed by atoms with Crippen molar-refractivity contribution in [1.29, 1.82) is 0 Å². The van der Waals surface area contributed by atoms with Crippen LogP contribution in [-0.4, -0.2) is 27.4 Å². The Bertz CT molecular complexity index is 539. The van der Waals surface area contributed by atoms with Crippen molar-refractivity contribution < 1.29 is 0 Å². The summed E-state index contributed by atoms with van der Waals surface area (Å²) in [7, 11) is 0. The third-order valence-corrected chi connectivity index (χ3v) is 7.98. The normalized spacial score (nSPS) is 24.0. The van der Waals surface area contributed by atoms with E-state index in [1.807, 2.05) is 23.5 Å². The van der Waals surface area contributed by atoms with Gasteiger partial charge in [-0.3, -0.25) is 0 Å². The van der Waals surface area contributed by atoms with Crippen LogP contribution in [0.25, 0.3) is 0 Å². The molecule has 4 heteroatoms. The fraction of sp³-hybridized carbons (Fsp3) is 0.650. The van der Waals surface area contributed by atoms with Gasteiger partial charge in [-0.05, 0) is 60.6 Å². The lowest BCUT2D eigenvalue weighted by atomic mass is 9.84. The van der Waals surface area contributed by atoms with Crippen LogP contribution >= 0.6 is 35.7 Å². The van der Waals surface area contributed by atoms with Crippen LogP contribution in [0.1, 0.15) is 52.0 Å². The van der Waals surface area contributed by atoms with Gasteiger partial charge in [0.05, 0.1) is 5.08 Å². The average Bonchev–Trinajstić information content (AvgIpc) is 2.88. The van der Waals surface area contributed by atoms with Gasteiger partial charge in [-0.1, -0.05) is 56.9 Å². The number of fused-ring (bicyclic) bond motifs is 4. The first kappa shape index (κ1) is 18.6. The summed E-state index contributed by atoms with van der Waals surface area (Å²) in [6, 6.07) is 9.03. The summed E-state index contributed by atoms with van der Waals surface area (Å²) in [6.45, 7) is 9.19. The van der Waals surface area contributed by atoms with Gasteiger partial charge in [-0.2, -0.15) is 0 Å². The number of rotatable bonds is 3. The van der Waals surface area contributed by atoms with E-state index >= 15 is 0 Å². The smallest absolute Gasteiger partial charge is 0.137 e. The van der Waals surface area contributed by atoms with Crippen LogP contribution in [-0.2, 0) is 5.41 Å². The molecule has 132 valence electrons. The molecule has 4 rings (SSSR count). The van der Waals surface area contributed by atoms with E-state index in [1.54, 1.807) is 0 Å². The van der Waals surface area contributed by atoms with Crippen molar-refractivity contribution in [2.24, 2.45) is 11.8 Å². The highest BCUT2D eigenvalue weighted by molar-refractivity contribution is 8.29. The topological polar surface area (TPSA) is 3.24 Å². The number of nitrogens with zero attached hydrogens (tertiary/aromatic N) is 1. The Labute approximate surface area is 161 Å². The summed E-state index contributed by atoms with van der Waals surface area (Å²) >= 11 is 9.48. The third kappa shape index (κ3) is 4.92. The van der Waals surface area contributed by atoms with Crippen LogP contribution in [0.4, 0.5) is 0 Å². The molecule has 24 heavy (non-hydrogen) atoms. The highest BCUT2D eigenvalue weighted by atomic mass is 32.2. The van der Waals surface area contributed by atoms with Crippen molar-refractivity contribution in [3.63, 3.8) is 0 Å². The molecule has 1 aromatic carbocycles. The van der Waals surface area contributed by atoms with E-state index in [1.165, 1.54) is 49.2 Å². The Morgan fingerprint density at radius 1 is 1.04 bits per heavy atom. The molecule has 1 saturated carbocycles. The van der Waals surface area contributed by atoms with Crippen LogP contribution in [0.2, 0.25) is 0 Å². The van der Waals surface area contributed by atoms with Gasteiger partial charge in [0.2, 0.25) is 0 Å². The van der Waals surface area contributed by atoms with E-state index in [0.29, 0.717) is 0 Å². The van der Waals surface area contributed by atoms with E-state index in [-0.39, 0.29) is 5.41 Å². The summed E-state index contributed by atoms with van der Waals surface area (Å²) in [5.74, 6) is 1.78. The Hall–Kier alpha value is -0.190. The molecule has 2 aliphatic heterocycles. The zero-order chi connectivity index (χ0) is 17.2. The highest BCUT2D eigenvalue weighted by Crippen LogP contribution is 2.35. The maximum absolute atomic E-state index is 5.73. The molecule has 0 spiro atoms. The number of thioether (sulfide) groups is 2. The first-order valence-corrected chi connectivity index (χ1v) is 11.4. The summed E-state index contributed by atoms with van der Waals surface area (Å²) < 4.78 is 1.12. The van der Waals surface area contributed by atoms with Crippen molar-refractivity contribution in [2.45, 2.75) is 56.8 Å². The minimum Gasteiger partial charge on any atom is -0.357 e. The molecule has 2 saturated heterocycles. The molecule has 1 aliphatic carbocycles. The van der Waals surface area contributed by atoms with Crippen LogP contribution in [0.5, 0.6) is 0 Å². The van der Waals surface area contributed by atoms with Crippen molar-refractivity contribution in [3.8, 4) is 0 Å². The van der Waals surface area contributed by atoms with Crippen molar-refractivity contribution in [3.05, 3.63) is 29.8 Å². The maximum atomic E-state index is 5.73. The molecule has 3 aliphatic rings. The van der Waals surface area contributed by atoms with Gasteiger partial charge >= 0.3 is 0 Å². The largest absolute Gasteiger partial charge is 0.357 e. The summed E-state index contributed by atoms with van der Waals surface area (Å²) in [5.41, 5.74) is 1.63. The number of hydrogen-bond acceptors (Lipinski definition) is 3. The van der Waals surface area contributed by atoms with E-state index < -0.39 is 0 Å². The second-order valence-electron chi connectivity index (χ2n) is 8.24. The summed E-state index contributed by atoms with van der Waals surface area (Å²) in [5, 5.41) is 1.01. The van der Waals surface area contributed by atoms with E-state index in [2.05, 4.69) is 49.9 Å². The lowest BCUT2D eigenvalue weighted by Gasteiger charge is -2.24. The second kappa shape index (κ2) is 8.01. The molecule has 0 aromatic heterocycles. The standard InChI is InChI=1S/C20H29NS3/c1-20(2,3)17-8-10-18(11-9-17)23-14-24-19(22)21-12-15-4-5-16(13-21)7-6-15/h8-11,15-16H,4-7,12-14H2,1-3H3. The zero-order valence-electron chi connectivity index (χ0n) is 15.1. The number of thiocarbonyl (C=S) groups is 1. The molecule has 0 atom stereocenters. The predicted octanol–water partition coefficient (Wildman–Crippen LogP) is 6.17. The first-order chi connectivity index (χ1) is 11.4. The minimum absolute atomic E-state index is 0.228. The SMILES string of the molecule is CC(C)(C)c1ccc(SCSC(=S)N2CC3CCC(CC3)C2)cc1. The molecule has 0 N–H and O–H groups in total. The van der Waals surface area contributed by atoms with Crippen molar-refractivity contribution >= 4 is 40.1 Å². The van der Waals surface area contributed by atoms with Gasteiger partial charge in [0.15, 0.2) is 0 Å². The zero-order valence-corrected chi connectivity index (χ0v) is 17.5. The second-order valence-corrected chi connectivity index (χ2v) is 11.3. The number of hydrogen-bond donors (Lipinski definition) is 0. The van der Waals surface area contributed by atoms with Crippen molar-refractivity contribution in [1.82, 2.24) is 4.90 Å². The molecule has 2 heterocycles. The average molecular weight is 380 g/mol. The van der Waals surface area contributed by atoms with Crippen LogP contribution in [0, 0.1) is 11.8 Å². The van der Waals surface area contributed by atoms with Crippen LogP contribution < -0.4 is 0 Å². The maximum Gasteiger partial charge on any atom is 0.137 e.